The molecule has 112 valence electrons. The number of aryl methyl sites for hydroxylation is 1. The van der Waals surface area contributed by atoms with E-state index in [0.29, 0.717) is 10.9 Å². The Morgan fingerprint density at radius 1 is 1.33 bits per heavy atom. The van der Waals surface area contributed by atoms with Crippen LogP contribution in [0.3, 0.4) is 0 Å². The molecule has 21 heavy (non-hydrogen) atoms. The van der Waals surface area contributed by atoms with Gasteiger partial charge in [0.15, 0.2) is 5.82 Å². The second-order valence-corrected chi connectivity index (χ2v) is 5.99. The summed E-state index contributed by atoms with van der Waals surface area (Å²) in [6.07, 6.45) is 5.22. The standard InChI is InChI=1S/C15H20ClN5/c1-4-7-17-13-9(2)15(19-14(18-13)11-5-6-11)21-8-12(16)10(3)20-21/h8,11H,4-7H2,1-3H3,(H,17,18,19). The van der Waals surface area contributed by atoms with Gasteiger partial charge in [0.05, 0.1) is 16.9 Å². The van der Waals surface area contributed by atoms with Crippen molar-refractivity contribution < 1.29 is 0 Å². The zero-order valence-electron chi connectivity index (χ0n) is 12.6. The highest BCUT2D eigenvalue weighted by Crippen LogP contribution is 2.39. The summed E-state index contributed by atoms with van der Waals surface area (Å²) < 4.78 is 1.76. The summed E-state index contributed by atoms with van der Waals surface area (Å²) in [7, 11) is 0. The molecule has 1 aliphatic carbocycles. The van der Waals surface area contributed by atoms with Crippen molar-refractivity contribution >= 4 is 17.4 Å². The Morgan fingerprint density at radius 2 is 2.10 bits per heavy atom. The van der Waals surface area contributed by atoms with Gasteiger partial charge < -0.3 is 5.32 Å². The molecule has 0 spiro atoms. The lowest BCUT2D eigenvalue weighted by molar-refractivity contribution is 0.789. The van der Waals surface area contributed by atoms with Gasteiger partial charge >= 0.3 is 0 Å². The Labute approximate surface area is 129 Å². The zero-order valence-corrected chi connectivity index (χ0v) is 13.4. The minimum atomic E-state index is 0.499. The molecule has 0 aliphatic heterocycles. The van der Waals surface area contributed by atoms with Crippen LogP contribution in [0, 0.1) is 13.8 Å². The highest BCUT2D eigenvalue weighted by Gasteiger charge is 2.28. The van der Waals surface area contributed by atoms with E-state index in [1.165, 1.54) is 12.8 Å². The van der Waals surface area contributed by atoms with Gasteiger partial charge in [-0.3, -0.25) is 0 Å². The third kappa shape index (κ3) is 2.88. The molecular formula is C15H20ClN5. The van der Waals surface area contributed by atoms with Gasteiger partial charge in [-0.1, -0.05) is 18.5 Å². The molecule has 0 amide bonds. The molecule has 0 saturated heterocycles. The molecule has 0 bridgehead atoms. The van der Waals surface area contributed by atoms with Crippen LogP contribution in [0.15, 0.2) is 6.20 Å². The lowest BCUT2D eigenvalue weighted by Crippen LogP contribution is -2.12. The van der Waals surface area contributed by atoms with Crippen molar-refractivity contribution in [2.45, 2.75) is 46.0 Å². The van der Waals surface area contributed by atoms with E-state index < -0.39 is 0 Å². The number of halogens is 1. The van der Waals surface area contributed by atoms with Gasteiger partial charge in [-0.15, -0.1) is 0 Å². The van der Waals surface area contributed by atoms with E-state index in [1.807, 2.05) is 20.0 Å². The minimum absolute atomic E-state index is 0.499. The number of nitrogens with zero attached hydrogens (tertiary/aromatic N) is 4. The van der Waals surface area contributed by atoms with Crippen molar-refractivity contribution in [1.82, 2.24) is 19.7 Å². The van der Waals surface area contributed by atoms with Gasteiger partial charge in [-0.05, 0) is 33.1 Å². The van der Waals surface area contributed by atoms with Crippen LogP contribution >= 0.6 is 11.6 Å². The first kappa shape index (κ1) is 14.3. The monoisotopic (exact) mass is 305 g/mol. The summed E-state index contributed by atoms with van der Waals surface area (Å²) in [5.74, 6) is 3.14. The molecule has 6 heteroatoms. The van der Waals surface area contributed by atoms with Crippen LogP contribution in [-0.2, 0) is 0 Å². The molecule has 1 fully saturated rings. The van der Waals surface area contributed by atoms with Crippen LogP contribution in [0.1, 0.15) is 49.2 Å². The average molecular weight is 306 g/mol. The summed E-state index contributed by atoms with van der Waals surface area (Å²) in [6, 6.07) is 0. The number of nitrogens with one attached hydrogen (secondary N) is 1. The lowest BCUT2D eigenvalue weighted by Gasteiger charge is -2.13. The van der Waals surface area contributed by atoms with E-state index in [0.717, 1.165) is 41.7 Å². The Morgan fingerprint density at radius 3 is 2.67 bits per heavy atom. The second-order valence-electron chi connectivity index (χ2n) is 5.59. The van der Waals surface area contributed by atoms with Crippen molar-refractivity contribution in [3.63, 3.8) is 0 Å². The molecule has 1 aliphatic rings. The molecular weight excluding hydrogens is 286 g/mol. The van der Waals surface area contributed by atoms with Gasteiger partial charge in [-0.25, -0.2) is 14.6 Å². The lowest BCUT2D eigenvalue weighted by atomic mass is 10.2. The number of anilines is 1. The van der Waals surface area contributed by atoms with Gasteiger partial charge in [0.25, 0.3) is 0 Å². The van der Waals surface area contributed by atoms with Crippen molar-refractivity contribution in [3.05, 3.63) is 28.3 Å². The van der Waals surface area contributed by atoms with Gasteiger partial charge in [0, 0.05) is 18.0 Å². The first-order valence-electron chi connectivity index (χ1n) is 7.44. The molecule has 0 radical (unpaired) electrons. The molecule has 3 rings (SSSR count). The summed E-state index contributed by atoms with van der Waals surface area (Å²) in [5, 5.41) is 8.50. The van der Waals surface area contributed by atoms with Gasteiger partial charge in [-0.2, -0.15) is 5.10 Å². The van der Waals surface area contributed by atoms with Crippen molar-refractivity contribution in [2.24, 2.45) is 0 Å². The number of aromatic nitrogens is 4. The Bertz CT molecular complexity index is 641. The zero-order chi connectivity index (χ0) is 15.0. The fourth-order valence-electron chi connectivity index (χ4n) is 2.23. The third-order valence-corrected chi connectivity index (χ3v) is 4.05. The van der Waals surface area contributed by atoms with Crippen LogP contribution in [-0.4, -0.2) is 26.3 Å². The quantitative estimate of drug-likeness (QED) is 0.916. The fraction of sp³-hybridized carbons (Fsp3) is 0.533. The predicted molar refractivity (Wildman–Crippen MR) is 84.4 cm³/mol. The minimum Gasteiger partial charge on any atom is -0.370 e. The van der Waals surface area contributed by atoms with Crippen molar-refractivity contribution in [2.75, 3.05) is 11.9 Å². The van der Waals surface area contributed by atoms with E-state index >= 15 is 0 Å². The van der Waals surface area contributed by atoms with E-state index in [-0.39, 0.29) is 0 Å². The highest BCUT2D eigenvalue weighted by molar-refractivity contribution is 6.31. The maximum atomic E-state index is 6.13. The molecule has 2 aromatic heterocycles. The molecule has 5 nitrogen and oxygen atoms in total. The van der Waals surface area contributed by atoms with Crippen LogP contribution in [0.4, 0.5) is 5.82 Å². The van der Waals surface area contributed by atoms with Gasteiger partial charge in [0.1, 0.15) is 11.6 Å². The number of rotatable bonds is 5. The van der Waals surface area contributed by atoms with Crippen molar-refractivity contribution in [1.29, 1.82) is 0 Å². The number of hydrogen-bond donors (Lipinski definition) is 1. The number of hydrogen-bond acceptors (Lipinski definition) is 4. The predicted octanol–water partition coefficient (Wildman–Crippen LogP) is 3.63. The maximum absolute atomic E-state index is 6.13. The van der Waals surface area contributed by atoms with E-state index in [2.05, 4.69) is 17.3 Å². The topological polar surface area (TPSA) is 55.6 Å². The van der Waals surface area contributed by atoms with Crippen LogP contribution < -0.4 is 5.32 Å². The van der Waals surface area contributed by atoms with Crippen LogP contribution in [0.5, 0.6) is 0 Å². The Balaban J connectivity index is 2.06. The van der Waals surface area contributed by atoms with Gasteiger partial charge in [0.2, 0.25) is 0 Å². The molecule has 0 atom stereocenters. The largest absolute Gasteiger partial charge is 0.370 e. The van der Waals surface area contributed by atoms with Crippen LogP contribution in [0.2, 0.25) is 5.02 Å². The Hall–Kier alpha value is -1.62. The third-order valence-electron chi connectivity index (χ3n) is 3.68. The van der Waals surface area contributed by atoms with Crippen molar-refractivity contribution in [3.8, 4) is 5.82 Å². The smallest absolute Gasteiger partial charge is 0.162 e. The first-order chi connectivity index (χ1) is 10.1. The van der Waals surface area contributed by atoms with Crippen LogP contribution in [0.25, 0.3) is 5.82 Å². The van der Waals surface area contributed by atoms with E-state index in [4.69, 9.17) is 21.6 Å². The first-order valence-corrected chi connectivity index (χ1v) is 7.82. The molecule has 1 saturated carbocycles. The summed E-state index contributed by atoms with van der Waals surface area (Å²) >= 11 is 6.13. The summed E-state index contributed by atoms with van der Waals surface area (Å²) in [5.41, 5.74) is 1.82. The molecule has 0 unspecified atom stereocenters. The average Bonchev–Trinajstić information content (AvgIpc) is 3.25. The normalized spacial score (nSPS) is 14.5. The molecule has 1 N–H and O–H groups in total. The SMILES string of the molecule is CCCNc1nc(C2CC2)nc(-n2cc(Cl)c(C)n2)c1C. The molecule has 2 heterocycles. The molecule has 2 aromatic rings. The Kier molecular flexibility index (Phi) is 3.85. The summed E-state index contributed by atoms with van der Waals surface area (Å²) in [6.45, 7) is 6.96. The highest BCUT2D eigenvalue weighted by atomic mass is 35.5. The van der Waals surface area contributed by atoms with E-state index in [1.54, 1.807) is 4.68 Å². The van der Waals surface area contributed by atoms with E-state index in [9.17, 15) is 0 Å². The second kappa shape index (κ2) is 5.64. The summed E-state index contributed by atoms with van der Waals surface area (Å²) in [4.78, 5) is 9.41. The fourth-order valence-corrected chi connectivity index (χ4v) is 2.36. The maximum Gasteiger partial charge on any atom is 0.162 e. The molecule has 0 aromatic carbocycles.